The van der Waals surface area contributed by atoms with Gasteiger partial charge in [-0.3, -0.25) is 4.79 Å². The zero-order chi connectivity index (χ0) is 13.7. The number of nitrogens with zero attached hydrogens (tertiary/aromatic N) is 1. The van der Waals surface area contributed by atoms with Crippen molar-refractivity contribution in [2.24, 2.45) is 0 Å². The molecule has 0 saturated heterocycles. The lowest BCUT2D eigenvalue weighted by Crippen LogP contribution is -2.34. The van der Waals surface area contributed by atoms with Crippen LogP contribution in [-0.4, -0.2) is 12.6 Å². The van der Waals surface area contributed by atoms with E-state index in [9.17, 15) is 4.79 Å². The van der Waals surface area contributed by atoms with Gasteiger partial charge in [-0.2, -0.15) is 4.57 Å². The van der Waals surface area contributed by atoms with Crippen LogP contribution in [-0.2, 0) is 16.1 Å². The van der Waals surface area contributed by atoms with Crippen molar-refractivity contribution in [1.29, 1.82) is 0 Å². The lowest BCUT2D eigenvalue weighted by atomic mass is 10.1. The maximum atomic E-state index is 11.3. The van der Waals surface area contributed by atoms with E-state index in [0.29, 0.717) is 13.0 Å². The van der Waals surface area contributed by atoms with Gasteiger partial charge in [0.25, 0.3) is 0 Å². The Morgan fingerprint density at radius 1 is 1.26 bits per heavy atom. The highest BCUT2D eigenvalue weighted by atomic mass is 16.5. The van der Waals surface area contributed by atoms with E-state index in [1.165, 1.54) is 16.5 Å². The molecule has 0 aliphatic carbocycles. The van der Waals surface area contributed by atoms with Gasteiger partial charge in [0.15, 0.2) is 6.20 Å². The molecule has 0 atom stereocenters. The Morgan fingerprint density at radius 3 is 2.84 bits per heavy atom. The molecule has 0 unspecified atom stereocenters. The summed E-state index contributed by atoms with van der Waals surface area (Å²) in [5, 5.41) is 1.26. The number of esters is 1. The number of benzene rings is 1. The van der Waals surface area contributed by atoms with Crippen LogP contribution in [0.15, 0.2) is 36.5 Å². The van der Waals surface area contributed by atoms with Crippen molar-refractivity contribution in [3.63, 3.8) is 0 Å². The molecule has 0 saturated carbocycles. The largest absolute Gasteiger partial charge is 0.466 e. The Morgan fingerprint density at radius 2 is 2.05 bits per heavy atom. The van der Waals surface area contributed by atoms with Crippen molar-refractivity contribution in [2.75, 3.05) is 6.61 Å². The lowest BCUT2D eigenvalue weighted by molar-refractivity contribution is -0.671. The summed E-state index contributed by atoms with van der Waals surface area (Å²) in [6, 6.07) is 10.5. The molecule has 3 heteroatoms. The molecule has 2 aromatic rings. The summed E-state index contributed by atoms with van der Waals surface area (Å²) in [6.45, 7) is 5.24. The topological polar surface area (TPSA) is 30.2 Å². The van der Waals surface area contributed by atoms with E-state index in [2.05, 4.69) is 42.0 Å². The van der Waals surface area contributed by atoms with Crippen molar-refractivity contribution in [3.8, 4) is 0 Å². The average molecular weight is 258 g/mol. The molecule has 0 bridgehead atoms. The predicted molar refractivity (Wildman–Crippen MR) is 74.7 cm³/mol. The van der Waals surface area contributed by atoms with Gasteiger partial charge in [-0.15, -0.1) is 0 Å². The van der Waals surface area contributed by atoms with Crippen LogP contribution < -0.4 is 4.57 Å². The SMILES string of the molecule is CCOC(=O)CCC[n+]1ccc(C)c2ccccc21. The summed E-state index contributed by atoms with van der Waals surface area (Å²) >= 11 is 0. The summed E-state index contributed by atoms with van der Waals surface area (Å²) in [5.41, 5.74) is 2.49. The second kappa shape index (κ2) is 6.32. The number of fused-ring (bicyclic) bond motifs is 1. The number of ether oxygens (including phenoxy) is 1. The van der Waals surface area contributed by atoms with E-state index < -0.39 is 0 Å². The quantitative estimate of drug-likeness (QED) is 0.610. The minimum Gasteiger partial charge on any atom is -0.466 e. The lowest BCUT2D eigenvalue weighted by Gasteiger charge is -2.04. The van der Waals surface area contributed by atoms with Crippen LogP contribution in [0.4, 0.5) is 0 Å². The highest BCUT2D eigenvalue weighted by Crippen LogP contribution is 2.13. The molecule has 2 rings (SSSR count). The number of hydrogen-bond donors (Lipinski definition) is 0. The van der Waals surface area contributed by atoms with E-state index in [4.69, 9.17) is 4.74 Å². The zero-order valence-electron chi connectivity index (χ0n) is 11.6. The predicted octanol–water partition coefficient (Wildman–Crippen LogP) is 2.78. The van der Waals surface area contributed by atoms with Gasteiger partial charge in [-0.25, -0.2) is 0 Å². The average Bonchev–Trinajstić information content (AvgIpc) is 2.42. The van der Waals surface area contributed by atoms with E-state index in [0.717, 1.165) is 13.0 Å². The molecule has 0 spiro atoms. The van der Waals surface area contributed by atoms with Crippen LogP contribution in [0, 0.1) is 6.92 Å². The van der Waals surface area contributed by atoms with Gasteiger partial charge in [0.2, 0.25) is 5.52 Å². The number of pyridine rings is 1. The first kappa shape index (κ1) is 13.5. The number of carbonyl (C=O) groups excluding carboxylic acids is 1. The van der Waals surface area contributed by atoms with Crippen molar-refractivity contribution in [3.05, 3.63) is 42.1 Å². The highest BCUT2D eigenvalue weighted by Gasteiger charge is 2.11. The van der Waals surface area contributed by atoms with Gasteiger partial charge in [0.1, 0.15) is 6.54 Å². The monoisotopic (exact) mass is 258 g/mol. The summed E-state index contributed by atoms with van der Waals surface area (Å²) in [5.74, 6) is -0.112. The molecule has 3 nitrogen and oxygen atoms in total. The van der Waals surface area contributed by atoms with Crippen molar-refractivity contribution in [1.82, 2.24) is 0 Å². The molecular weight excluding hydrogens is 238 g/mol. The molecule has 0 radical (unpaired) electrons. The number of carbonyl (C=O) groups is 1. The highest BCUT2D eigenvalue weighted by molar-refractivity contribution is 5.78. The van der Waals surface area contributed by atoms with Gasteiger partial charge in [0, 0.05) is 23.9 Å². The Kier molecular flexibility index (Phi) is 4.50. The molecule has 100 valence electrons. The number of para-hydroxylation sites is 1. The third kappa shape index (κ3) is 3.31. The number of aryl methyl sites for hydroxylation is 2. The first-order chi connectivity index (χ1) is 9.22. The number of hydrogen-bond acceptors (Lipinski definition) is 2. The molecule has 1 aromatic heterocycles. The Labute approximate surface area is 113 Å². The second-order valence-electron chi connectivity index (χ2n) is 4.62. The Hall–Kier alpha value is -1.90. The summed E-state index contributed by atoms with van der Waals surface area (Å²) in [7, 11) is 0. The summed E-state index contributed by atoms with van der Waals surface area (Å²) in [6.07, 6.45) is 3.36. The number of rotatable bonds is 5. The minimum atomic E-state index is -0.112. The molecule has 1 aromatic carbocycles. The van der Waals surface area contributed by atoms with Gasteiger partial charge in [-0.05, 0) is 25.5 Å². The fraction of sp³-hybridized carbons (Fsp3) is 0.375. The Bertz CT molecular complexity index is 578. The molecule has 0 aliphatic heterocycles. The molecule has 0 amide bonds. The third-order valence-corrected chi connectivity index (χ3v) is 3.23. The van der Waals surface area contributed by atoms with Crippen LogP contribution in [0.5, 0.6) is 0 Å². The second-order valence-corrected chi connectivity index (χ2v) is 4.62. The normalized spacial score (nSPS) is 10.6. The maximum Gasteiger partial charge on any atom is 0.306 e. The molecule has 0 fully saturated rings. The van der Waals surface area contributed by atoms with E-state index in [1.54, 1.807) is 0 Å². The van der Waals surface area contributed by atoms with Gasteiger partial charge in [-0.1, -0.05) is 12.1 Å². The molecule has 0 aliphatic rings. The fourth-order valence-corrected chi connectivity index (χ4v) is 2.25. The first-order valence-corrected chi connectivity index (χ1v) is 6.75. The Balaban J connectivity index is 2.09. The molecule has 19 heavy (non-hydrogen) atoms. The maximum absolute atomic E-state index is 11.3. The summed E-state index contributed by atoms with van der Waals surface area (Å²) < 4.78 is 7.13. The van der Waals surface area contributed by atoms with Crippen LogP contribution in [0.3, 0.4) is 0 Å². The van der Waals surface area contributed by atoms with E-state index >= 15 is 0 Å². The van der Waals surface area contributed by atoms with Crippen molar-refractivity contribution >= 4 is 16.9 Å². The van der Waals surface area contributed by atoms with Crippen LogP contribution in [0.2, 0.25) is 0 Å². The van der Waals surface area contributed by atoms with Gasteiger partial charge in [0.05, 0.1) is 13.0 Å². The van der Waals surface area contributed by atoms with Crippen molar-refractivity contribution in [2.45, 2.75) is 33.2 Å². The molecule has 1 heterocycles. The molecule has 0 N–H and O–H groups in total. The van der Waals surface area contributed by atoms with Crippen LogP contribution >= 0.6 is 0 Å². The first-order valence-electron chi connectivity index (χ1n) is 6.75. The van der Waals surface area contributed by atoms with Crippen molar-refractivity contribution < 1.29 is 14.1 Å². The van der Waals surface area contributed by atoms with Crippen LogP contribution in [0.25, 0.3) is 10.9 Å². The number of aromatic nitrogens is 1. The minimum absolute atomic E-state index is 0.112. The fourth-order valence-electron chi connectivity index (χ4n) is 2.25. The zero-order valence-corrected chi connectivity index (χ0v) is 11.6. The van der Waals surface area contributed by atoms with Gasteiger partial charge >= 0.3 is 5.97 Å². The smallest absolute Gasteiger partial charge is 0.306 e. The standard InChI is InChI=1S/C16H20NO2/c1-3-19-16(18)9-6-11-17-12-10-13(2)14-7-4-5-8-15(14)17/h4-5,7-8,10,12H,3,6,9,11H2,1-2H3/q+1. The van der Waals surface area contributed by atoms with E-state index in [1.807, 2.05) is 13.0 Å². The van der Waals surface area contributed by atoms with E-state index in [-0.39, 0.29) is 5.97 Å². The van der Waals surface area contributed by atoms with Gasteiger partial charge < -0.3 is 4.74 Å². The third-order valence-electron chi connectivity index (χ3n) is 3.23. The molecular formula is C16H20NO2+. The van der Waals surface area contributed by atoms with Crippen LogP contribution in [0.1, 0.15) is 25.3 Å². The summed E-state index contributed by atoms with van der Waals surface area (Å²) in [4.78, 5) is 11.3.